The van der Waals surface area contributed by atoms with Crippen LogP contribution in [0.5, 0.6) is 0 Å². The van der Waals surface area contributed by atoms with E-state index in [1.165, 1.54) is 12.1 Å². The molecule has 120 valence electrons. The highest BCUT2D eigenvalue weighted by molar-refractivity contribution is 6.09. The number of hydrogen-bond acceptors (Lipinski definition) is 5. The van der Waals surface area contributed by atoms with Gasteiger partial charge in [0.15, 0.2) is 5.78 Å². The summed E-state index contributed by atoms with van der Waals surface area (Å²) < 4.78 is 1.58. The van der Waals surface area contributed by atoms with Crippen LogP contribution in [0, 0.1) is 10.1 Å². The minimum atomic E-state index is -0.513. The van der Waals surface area contributed by atoms with Crippen molar-refractivity contribution in [3.63, 3.8) is 0 Å². The summed E-state index contributed by atoms with van der Waals surface area (Å²) in [6, 6.07) is 13.0. The number of nitro groups is 1. The van der Waals surface area contributed by atoms with Crippen LogP contribution in [0.15, 0.2) is 60.9 Å². The Labute approximate surface area is 137 Å². The lowest BCUT2D eigenvalue weighted by atomic mass is 10.0. The van der Waals surface area contributed by atoms with E-state index in [1.54, 1.807) is 60.5 Å². The number of nitro benzene ring substituents is 1. The van der Waals surface area contributed by atoms with Crippen LogP contribution in [0.3, 0.4) is 0 Å². The molecule has 0 fully saturated rings. The second-order valence-corrected chi connectivity index (χ2v) is 5.21. The van der Waals surface area contributed by atoms with E-state index in [4.69, 9.17) is 0 Å². The molecular formula is C17H14N4O3. The van der Waals surface area contributed by atoms with Crippen molar-refractivity contribution in [3.05, 3.63) is 82.2 Å². The number of ketones is 1. The van der Waals surface area contributed by atoms with E-state index in [0.29, 0.717) is 16.9 Å². The number of benzene rings is 2. The maximum absolute atomic E-state index is 12.4. The standard InChI is InChI=1S/C17H14N4O3/c1-20-11-14(10-18-20)19-15-8-7-13(9-16(15)21(23)24)17(22)12-5-3-2-4-6-12/h2-11,19H,1H3. The maximum atomic E-state index is 12.4. The maximum Gasteiger partial charge on any atom is 0.293 e. The first-order valence-corrected chi connectivity index (χ1v) is 7.18. The van der Waals surface area contributed by atoms with Crippen LogP contribution in [0.4, 0.5) is 17.1 Å². The normalized spacial score (nSPS) is 10.4. The van der Waals surface area contributed by atoms with Crippen molar-refractivity contribution in [2.75, 3.05) is 5.32 Å². The third kappa shape index (κ3) is 3.14. The second kappa shape index (κ2) is 6.33. The lowest BCUT2D eigenvalue weighted by molar-refractivity contribution is -0.383. The predicted octanol–water partition coefficient (Wildman–Crippen LogP) is 3.30. The molecule has 7 heteroatoms. The average Bonchev–Trinajstić information content (AvgIpc) is 3.00. The van der Waals surface area contributed by atoms with Crippen molar-refractivity contribution in [3.8, 4) is 0 Å². The van der Waals surface area contributed by atoms with Crippen LogP contribution in [-0.2, 0) is 7.05 Å². The first kappa shape index (κ1) is 15.4. The van der Waals surface area contributed by atoms with E-state index in [0.717, 1.165) is 0 Å². The highest BCUT2D eigenvalue weighted by Gasteiger charge is 2.19. The van der Waals surface area contributed by atoms with Crippen LogP contribution < -0.4 is 5.32 Å². The molecule has 1 aromatic heterocycles. The largest absolute Gasteiger partial charge is 0.347 e. The number of carbonyl (C=O) groups is 1. The summed E-state index contributed by atoms with van der Waals surface area (Å²) in [5.41, 5.74) is 1.52. The Balaban J connectivity index is 1.95. The molecule has 0 unspecified atom stereocenters. The van der Waals surface area contributed by atoms with Crippen LogP contribution in [0.2, 0.25) is 0 Å². The van der Waals surface area contributed by atoms with Crippen LogP contribution in [0.25, 0.3) is 0 Å². The van der Waals surface area contributed by atoms with Crippen LogP contribution in [0.1, 0.15) is 15.9 Å². The second-order valence-electron chi connectivity index (χ2n) is 5.21. The Morgan fingerprint density at radius 3 is 2.54 bits per heavy atom. The molecule has 0 radical (unpaired) electrons. The van der Waals surface area contributed by atoms with Gasteiger partial charge < -0.3 is 5.32 Å². The minimum Gasteiger partial charge on any atom is -0.347 e. The van der Waals surface area contributed by atoms with Gasteiger partial charge in [-0.1, -0.05) is 30.3 Å². The summed E-state index contributed by atoms with van der Waals surface area (Å²) in [4.78, 5) is 23.3. The molecule has 0 saturated carbocycles. The van der Waals surface area contributed by atoms with Crippen molar-refractivity contribution >= 4 is 22.8 Å². The van der Waals surface area contributed by atoms with Gasteiger partial charge in [0, 0.05) is 30.4 Å². The number of hydrogen-bond donors (Lipinski definition) is 1. The van der Waals surface area contributed by atoms with Crippen LogP contribution in [-0.4, -0.2) is 20.5 Å². The molecule has 0 spiro atoms. The van der Waals surface area contributed by atoms with Gasteiger partial charge in [0.25, 0.3) is 5.69 Å². The number of aromatic nitrogens is 2. The van der Waals surface area contributed by atoms with Gasteiger partial charge in [-0.05, 0) is 12.1 Å². The van der Waals surface area contributed by atoms with Crippen LogP contribution >= 0.6 is 0 Å². The number of anilines is 2. The molecule has 3 rings (SSSR count). The molecule has 0 aliphatic heterocycles. The fourth-order valence-electron chi connectivity index (χ4n) is 2.33. The fourth-order valence-corrected chi connectivity index (χ4v) is 2.33. The smallest absolute Gasteiger partial charge is 0.293 e. The average molecular weight is 322 g/mol. The summed E-state index contributed by atoms with van der Waals surface area (Å²) in [6.07, 6.45) is 3.26. The molecule has 3 aromatic rings. The van der Waals surface area contributed by atoms with Crippen molar-refractivity contribution in [1.29, 1.82) is 0 Å². The van der Waals surface area contributed by atoms with E-state index in [9.17, 15) is 14.9 Å². The van der Waals surface area contributed by atoms with E-state index in [2.05, 4.69) is 10.4 Å². The van der Waals surface area contributed by atoms with E-state index >= 15 is 0 Å². The lowest BCUT2D eigenvalue weighted by Gasteiger charge is -2.07. The fraction of sp³-hybridized carbons (Fsp3) is 0.0588. The number of nitrogens with zero attached hydrogens (tertiary/aromatic N) is 3. The predicted molar refractivity (Wildman–Crippen MR) is 89.5 cm³/mol. The van der Waals surface area contributed by atoms with Gasteiger partial charge in [0.2, 0.25) is 0 Å². The van der Waals surface area contributed by atoms with Gasteiger partial charge in [-0.3, -0.25) is 19.6 Å². The minimum absolute atomic E-state index is 0.166. The molecule has 24 heavy (non-hydrogen) atoms. The highest BCUT2D eigenvalue weighted by Crippen LogP contribution is 2.29. The van der Waals surface area contributed by atoms with Gasteiger partial charge in [-0.15, -0.1) is 0 Å². The molecule has 0 bridgehead atoms. The third-order valence-corrected chi connectivity index (χ3v) is 3.48. The zero-order valence-electron chi connectivity index (χ0n) is 12.8. The van der Waals surface area contributed by atoms with Gasteiger partial charge in [-0.2, -0.15) is 5.10 Å². The molecule has 0 aliphatic rings. The number of rotatable bonds is 5. The van der Waals surface area contributed by atoms with Crippen molar-refractivity contribution < 1.29 is 9.72 Å². The lowest BCUT2D eigenvalue weighted by Crippen LogP contribution is -2.04. The molecule has 1 N–H and O–H groups in total. The van der Waals surface area contributed by atoms with E-state index in [-0.39, 0.29) is 17.0 Å². The summed E-state index contributed by atoms with van der Waals surface area (Å²) in [5.74, 6) is -0.258. The summed E-state index contributed by atoms with van der Waals surface area (Å²) in [5, 5.41) is 18.3. The van der Waals surface area contributed by atoms with Gasteiger partial charge in [0.1, 0.15) is 5.69 Å². The SMILES string of the molecule is Cn1cc(Nc2ccc(C(=O)c3ccccc3)cc2[N+](=O)[O-])cn1. The molecule has 1 heterocycles. The topological polar surface area (TPSA) is 90.1 Å². The number of carbonyl (C=O) groups excluding carboxylic acids is 1. The third-order valence-electron chi connectivity index (χ3n) is 3.48. The number of aryl methyl sites for hydroxylation is 1. The number of nitrogens with one attached hydrogen (secondary N) is 1. The Morgan fingerprint density at radius 1 is 1.17 bits per heavy atom. The first-order chi connectivity index (χ1) is 11.5. The van der Waals surface area contributed by atoms with E-state index in [1.807, 2.05) is 0 Å². The quantitative estimate of drug-likeness (QED) is 0.442. The molecule has 0 aliphatic carbocycles. The van der Waals surface area contributed by atoms with Crippen molar-refractivity contribution in [2.24, 2.45) is 7.05 Å². The molecular weight excluding hydrogens is 308 g/mol. The van der Waals surface area contributed by atoms with E-state index < -0.39 is 4.92 Å². The highest BCUT2D eigenvalue weighted by atomic mass is 16.6. The Kier molecular flexibility index (Phi) is 4.07. The van der Waals surface area contributed by atoms with Gasteiger partial charge >= 0.3 is 0 Å². The zero-order valence-corrected chi connectivity index (χ0v) is 12.8. The Morgan fingerprint density at radius 2 is 1.92 bits per heavy atom. The molecule has 0 atom stereocenters. The van der Waals surface area contributed by atoms with Gasteiger partial charge in [-0.25, -0.2) is 0 Å². The van der Waals surface area contributed by atoms with Crippen molar-refractivity contribution in [2.45, 2.75) is 0 Å². The molecule has 0 amide bonds. The Bertz CT molecular complexity index is 903. The molecule has 2 aromatic carbocycles. The van der Waals surface area contributed by atoms with Gasteiger partial charge in [0.05, 0.1) is 16.8 Å². The molecule has 7 nitrogen and oxygen atoms in total. The Hall–Kier alpha value is -3.48. The summed E-state index contributed by atoms with van der Waals surface area (Å²) >= 11 is 0. The first-order valence-electron chi connectivity index (χ1n) is 7.18. The monoisotopic (exact) mass is 322 g/mol. The zero-order chi connectivity index (χ0) is 17.1. The molecule has 0 saturated heterocycles. The summed E-state index contributed by atoms with van der Waals surface area (Å²) in [6.45, 7) is 0. The summed E-state index contributed by atoms with van der Waals surface area (Å²) in [7, 11) is 1.75. The van der Waals surface area contributed by atoms with Crippen molar-refractivity contribution in [1.82, 2.24) is 9.78 Å².